The molecule has 1 N–H and O–H groups in total. The van der Waals surface area contributed by atoms with Gasteiger partial charge in [0.05, 0.1) is 6.61 Å². The first-order valence-electron chi connectivity index (χ1n) is 3.03. The van der Waals surface area contributed by atoms with E-state index >= 15 is 0 Å². The van der Waals surface area contributed by atoms with Crippen LogP contribution in [0, 0.1) is 0 Å². The van der Waals surface area contributed by atoms with Crippen molar-refractivity contribution >= 4 is 11.3 Å². The Labute approximate surface area is 59.6 Å². The highest BCUT2D eigenvalue weighted by Gasteiger charge is 1.86. The van der Waals surface area contributed by atoms with Crippen LogP contribution in [-0.4, -0.2) is 17.9 Å². The largest absolute Gasteiger partial charge is 0.279 e. The highest BCUT2D eigenvalue weighted by molar-refractivity contribution is 7.78. The third kappa shape index (κ3) is 11.6. The van der Waals surface area contributed by atoms with Gasteiger partial charge in [-0.3, -0.25) is 4.18 Å². The molecule has 0 aromatic rings. The van der Waals surface area contributed by atoms with E-state index in [9.17, 15) is 4.21 Å². The predicted molar refractivity (Wildman–Crippen MR) is 40.2 cm³/mol. The molecule has 0 spiro atoms. The van der Waals surface area contributed by atoms with Gasteiger partial charge in [-0.05, 0) is 14.0 Å². The quantitative estimate of drug-likeness (QED) is 0.652. The summed E-state index contributed by atoms with van der Waals surface area (Å²) in [6, 6.07) is 0. The van der Waals surface area contributed by atoms with Gasteiger partial charge in [0, 0.05) is 0 Å². The average Bonchev–Trinajstić information content (AvgIpc) is 1.93. The van der Waals surface area contributed by atoms with Crippen LogP contribution in [0.3, 0.4) is 0 Å². The van der Waals surface area contributed by atoms with E-state index < -0.39 is 11.3 Å². The van der Waals surface area contributed by atoms with Crippen molar-refractivity contribution in [3.63, 3.8) is 0 Å². The lowest BCUT2D eigenvalue weighted by Gasteiger charge is -1.93. The topological polar surface area (TPSA) is 38.3 Å². The maximum absolute atomic E-state index is 10.2. The second-order valence-electron chi connectivity index (χ2n) is 0.845. The molecule has 0 saturated carbocycles. The van der Waals surface area contributed by atoms with Crippen LogP contribution >= 0.6 is 0 Å². The van der Waals surface area contributed by atoms with Gasteiger partial charge in [-0.25, -0.2) is 8.93 Å². The monoisotopic (exact) mass is 153 g/mol. The molecule has 0 aromatic carbocycles. The Morgan fingerprint density at radius 2 is 2.00 bits per heavy atom. The van der Waals surface area contributed by atoms with Crippen LogP contribution in [0.1, 0.15) is 20.8 Å². The molecular formula is C5H15NO2S. The summed E-state index contributed by atoms with van der Waals surface area (Å²) < 4.78 is 17.2. The number of hydrogen-bond donors (Lipinski definition) is 1. The predicted octanol–water partition coefficient (Wildman–Crippen LogP) is 0.847. The van der Waals surface area contributed by atoms with Gasteiger partial charge < -0.3 is 0 Å². The Hall–Kier alpha value is 0.0700. The van der Waals surface area contributed by atoms with Crippen LogP contribution in [0.15, 0.2) is 0 Å². The minimum absolute atomic E-state index is 0.480. The summed E-state index contributed by atoms with van der Waals surface area (Å²) in [5.74, 6) is 0. The van der Waals surface area contributed by atoms with Gasteiger partial charge in [0.25, 0.3) is 0 Å². The maximum Gasteiger partial charge on any atom is 0.234 e. The summed E-state index contributed by atoms with van der Waals surface area (Å²) in [5.41, 5.74) is 0. The normalized spacial score (nSPS) is 11.6. The van der Waals surface area contributed by atoms with Crippen molar-refractivity contribution in [1.82, 2.24) is 4.72 Å². The zero-order valence-corrected chi connectivity index (χ0v) is 7.25. The van der Waals surface area contributed by atoms with Gasteiger partial charge >= 0.3 is 0 Å². The van der Waals surface area contributed by atoms with Gasteiger partial charge in [0.2, 0.25) is 11.3 Å². The van der Waals surface area contributed by atoms with Gasteiger partial charge in [-0.1, -0.05) is 13.8 Å². The first-order valence-corrected chi connectivity index (χ1v) is 4.11. The molecule has 0 amide bonds. The lowest BCUT2D eigenvalue weighted by Crippen LogP contribution is -2.12. The molecule has 0 aliphatic heterocycles. The molecule has 9 heavy (non-hydrogen) atoms. The van der Waals surface area contributed by atoms with Crippen molar-refractivity contribution in [2.75, 3.05) is 13.7 Å². The molecule has 3 nitrogen and oxygen atoms in total. The first-order chi connectivity index (χ1) is 4.31. The Balaban J connectivity index is 0. The molecular weight excluding hydrogens is 138 g/mol. The fourth-order valence-corrected chi connectivity index (χ4v) is 0.498. The van der Waals surface area contributed by atoms with Crippen molar-refractivity contribution in [2.45, 2.75) is 20.8 Å². The minimum atomic E-state index is -1.28. The van der Waals surface area contributed by atoms with Gasteiger partial charge in [-0.2, -0.15) is 0 Å². The zero-order valence-electron chi connectivity index (χ0n) is 6.43. The summed E-state index contributed by atoms with van der Waals surface area (Å²) in [5, 5.41) is 0. The van der Waals surface area contributed by atoms with E-state index in [0.29, 0.717) is 6.61 Å². The number of rotatable bonds is 3. The molecule has 1 atom stereocenters. The highest BCUT2D eigenvalue weighted by Crippen LogP contribution is 1.73. The maximum atomic E-state index is 10.2. The summed E-state index contributed by atoms with van der Waals surface area (Å²) in [6.07, 6.45) is 0. The SMILES string of the molecule is CC.CCOS(=O)NC. The van der Waals surface area contributed by atoms with E-state index in [1.807, 2.05) is 13.8 Å². The lowest BCUT2D eigenvalue weighted by atomic mass is 10.9. The Morgan fingerprint density at radius 3 is 2.11 bits per heavy atom. The van der Waals surface area contributed by atoms with Crippen LogP contribution in [-0.2, 0) is 15.4 Å². The molecule has 58 valence electrons. The second-order valence-corrected chi connectivity index (χ2v) is 1.96. The van der Waals surface area contributed by atoms with Gasteiger partial charge in [-0.15, -0.1) is 0 Å². The first kappa shape index (κ1) is 11.8. The molecule has 0 fully saturated rings. The highest BCUT2D eigenvalue weighted by atomic mass is 32.2. The molecule has 0 bridgehead atoms. The number of hydrogen-bond acceptors (Lipinski definition) is 2. The fraction of sp³-hybridized carbons (Fsp3) is 1.00. The standard InChI is InChI=1S/C3H9NO2S.C2H6/c1-3-6-7(5)4-2;1-2/h4H,3H2,1-2H3;1-2H3. The molecule has 0 aromatic heterocycles. The molecule has 0 aliphatic rings. The smallest absolute Gasteiger partial charge is 0.234 e. The molecule has 0 saturated heterocycles. The lowest BCUT2D eigenvalue weighted by molar-refractivity contribution is 0.367. The molecule has 0 heterocycles. The molecule has 1 unspecified atom stereocenters. The fourth-order valence-electron chi connectivity index (χ4n) is 0.166. The number of nitrogens with one attached hydrogen (secondary N) is 1. The van der Waals surface area contributed by atoms with E-state index in [0.717, 1.165) is 0 Å². The molecule has 0 aliphatic carbocycles. The minimum Gasteiger partial charge on any atom is -0.279 e. The van der Waals surface area contributed by atoms with E-state index in [4.69, 9.17) is 0 Å². The van der Waals surface area contributed by atoms with Crippen molar-refractivity contribution < 1.29 is 8.39 Å². The summed E-state index contributed by atoms with van der Waals surface area (Å²) in [7, 11) is 1.58. The van der Waals surface area contributed by atoms with Crippen LogP contribution in [0.25, 0.3) is 0 Å². The van der Waals surface area contributed by atoms with E-state index in [2.05, 4.69) is 8.91 Å². The molecule has 0 radical (unpaired) electrons. The molecule has 0 rings (SSSR count). The van der Waals surface area contributed by atoms with Crippen LogP contribution in [0.4, 0.5) is 0 Å². The third-order valence-corrected chi connectivity index (χ3v) is 1.17. The van der Waals surface area contributed by atoms with Crippen molar-refractivity contribution in [3.8, 4) is 0 Å². The zero-order chi connectivity index (χ0) is 7.70. The van der Waals surface area contributed by atoms with Crippen LogP contribution in [0.5, 0.6) is 0 Å². The van der Waals surface area contributed by atoms with Crippen LogP contribution in [0.2, 0.25) is 0 Å². The van der Waals surface area contributed by atoms with E-state index in [1.54, 1.807) is 14.0 Å². The summed E-state index contributed by atoms with van der Waals surface area (Å²) in [4.78, 5) is 0. The van der Waals surface area contributed by atoms with E-state index in [1.165, 1.54) is 0 Å². The van der Waals surface area contributed by atoms with Crippen molar-refractivity contribution in [2.24, 2.45) is 0 Å². The second kappa shape index (κ2) is 10.9. The Morgan fingerprint density at radius 1 is 1.56 bits per heavy atom. The van der Waals surface area contributed by atoms with Crippen molar-refractivity contribution in [1.29, 1.82) is 0 Å². The average molecular weight is 153 g/mol. The Kier molecular flexibility index (Phi) is 14.4. The van der Waals surface area contributed by atoms with Crippen LogP contribution < -0.4 is 4.72 Å². The summed E-state index contributed by atoms with van der Waals surface area (Å²) >= 11 is -1.28. The van der Waals surface area contributed by atoms with E-state index in [-0.39, 0.29) is 0 Å². The van der Waals surface area contributed by atoms with Gasteiger partial charge in [0.1, 0.15) is 0 Å². The summed E-state index contributed by atoms with van der Waals surface area (Å²) in [6.45, 7) is 6.27. The molecule has 4 heteroatoms. The van der Waals surface area contributed by atoms with Gasteiger partial charge in [0.15, 0.2) is 0 Å². The Bertz CT molecular complexity index is 68.0. The van der Waals surface area contributed by atoms with Crippen molar-refractivity contribution in [3.05, 3.63) is 0 Å². The third-order valence-electron chi connectivity index (χ3n) is 0.392.